The Morgan fingerprint density at radius 2 is 2.10 bits per heavy atom. The van der Waals surface area contributed by atoms with Gasteiger partial charge in [-0.25, -0.2) is 13.8 Å². The van der Waals surface area contributed by atoms with Crippen molar-refractivity contribution in [3.63, 3.8) is 0 Å². The summed E-state index contributed by atoms with van der Waals surface area (Å²) in [5, 5.41) is 8.82. The number of carbonyl (C=O) groups is 1. The molecule has 0 unspecified atom stereocenters. The molecule has 0 aliphatic carbocycles. The van der Waals surface area contributed by atoms with Crippen LogP contribution in [-0.2, 0) is 22.1 Å². The zero-order chi connectivity index (χ0) is 16.2. The van der Waals surface area contributed by atoms with Gasteiger partial charge in [-0.05, 0) is 13.0 Å². The Bertz CT molecular complexity index is 578. The standard InChI is InChI=1S/C12H9F5N2O2/c1-2-21-9(20)4-7-6(5-18)3-8(12(15,16)17)19-10(7)11(13)14/h3,11H,2,4H2,1H3. The van der Waals surface area contributed by atoms with Gasteiger partial charge in [-0.15, -0.1) is 0 Å². The summed E-state index contributed by atoms with van der Waals surface area (Å²) >= 11 is 0. The van der Waals surface area contributed by atoms with Crippen LogP contribution >= 0.6 is 0 Å². The van der Waals surface area contributed by atoms with Gasteiger partial charge < -0.3 is 4.74 Å². The molecular weight excluding hydrogens is 299 g/mol. The molecule has 0 aliphatic heterocycles. The summed E-state index contributed by atoms with van der Waals surface area (Å²) in [5.41, 5.74) is -4.09. The normalized spacial score (nSPS) is 11.3. The van der Waals surface area contributed by atoms with E-state index in [0.717, 1.165) is 0 Å². The maximum Gasteiger partial charge on any atom is 0.433 e. The second-order valence-electron chi connectivity index (χ2n) is 3.81. The first-order valence-corrected chi connectivity index (χ1v) is 5.65. The molecular formula is C12H9F5N2O2. The molecule has 4 nitrogen and oxygen atoms in total. The molecule has 0 atom stereocenters. The molecule has 114 valence electrons. The van der Waals surface area contributed by atoms with E-state index in [0.29, 0.717) is 6.07 Å². The summed E-state index contributed by atoms with van der Waals surface area (Å²) in [6, 6.07) is 1.70. The molecule has 0 saturated heterocycles. The lowest BCUT2D eigenvalue weighted by atomic mass is 10.0. The number of ether oxygens (including phenoxy) is 1. The lowest BCUT2D eigenvalue weighted by molar-refractivity contribution is -0.142. The molecule has 0 aliphatic rings. The van der Waals surface area contributed by atoms with Crippen molar-refractivity contribution in [3.8, 4) is 6.07 Å². The van der Waals surface area contributed by atoms with Crippen molar-refractivity contribution in [2.45, 2.75) is 25.9 Å². The van der Waals surface area contributed by atoms with Gasteiger partial charge in [0.25, 0.3) is 6.43 Å². The van der Waals surface area contributed by atoms with E-state index in [1.54, 1.807) is 0 Å². The highest BCUT2D eigenvalue weighted by Gasteiger charge is 2.35. The highest BCUT2D eigenvalue weighted by atomic mass is 19.4. The van der Waals surface area contributed by atoms with E-state index in [2.05, 4.69) is 9.72 Å². The van der Waals surface area contributed by atoms with Crippen molar-refractivity contribution in [2.75, 3.05) is 6.61 Å². The van der Waals surface area contributed by atoms with Gasteiger partial charge in [0.05, 0.1) is 24.7 Å². The maximum atomic E-state index is 12.9. The number of alkyl halides is 5. The van der Waals surface area contributed by atoms with Crippen molar-refractivity contribution in [1.82, 2.24) is 4.98 Å². The molecule has 9 heteroatoms. The number of nitriles is 1. The van der Waals surface area contributed by atoms with E-state index in [4.69, 9.17) is 5.26 Å². The topological polar surface area (TPSA) is 63.0 Å². The van der Waals surface area contributed by atoms with Crippen LogP contribution in [0.4, 0.5) is 22.0 Å². The lowest BCUT2D eigenvalue weighted by Gasteiger charge is -2.13. The summed E-state index contributed by atoms with van der Waals surface area (Å²) in [5.74, 6) is -0.933. The Balaban J connectivity index is 3.41. The minimum atomic E-state index is -4.97. The molecule has 0 N–H and O–H groups in total. The van der Waals surface area contributed by atoms with E-state index < -0.39 is 47.5 Å². The average molecular weight is 308 g/mol. The average Bonchev–Trinajstić information content (AvgIpc) is 2.37. The summed E-state index contributed by atoms with van der Waals surface area (Å²) < 4.78 is 67.9. The molecule has 0 amide bonds. The van der Waals surface area contributed by atoms with Crippen molar-refractivity contribution in [3.05, 3.63) is 28.6 Å². The molecule has 1 aromatic heterocycles. The third-order valence-electron chi connectivity index (χ3n) is 2.40. The van der Waals surface area contributed by atoms with Crippen molar-refractivity contribution < 1.29 is 31.5 Å². The number of esters is 1. The second-order valence-corrected chi connectivity index (χ2v) is 3.81. The van der Waals surface area contributed by atoms with Gasteiger partial charge in [-0.1, -0.05) is 0 Å². The van der Waals surface area contributed by atoms with Crippen molar-refractivity contribution >= 4 is 5.97 Å². The summed E-state index contributed by atoms with van der Waals surface area (Å²) in [7, 11) is 0. The highest BCUT2D eigenvalue weighted by Crippen LogP contribution is 2.32. The first kappa shape index (κ1) is 16.8. The molecule has 0 fully saturated rings. The van der Waals surface area contributed by atoms with Gasteiger partial charge in [0, 0.05) is 5.56 Å². The molecule has 1 aromatic rings. The first-order valence-electron chi connectivity index (χ1n) is 5.65. The van der Waals surface area contributed by atoms with Crippen LogP contribution in [0.25, 0.3) is 0 Å². The molecule has 1 heterocycles. The van der Waals surface area contributed by atoms with Crippen LogP contribution in [0.3, 0.4) is 0 Å². The zero-order valence-corrected chi connectivity index (χ0v) is 10.7. The fraction of sp³-hybridized carbons (Fsp3) is 0.417. The third kappa shape index (κ3) is 4.11. The van der Waals surface area contributed by atoms with Gasteiger partial charge >= 0.3 is 12.1 Å². The molecule has 1 rings (SSSR count). The number of rotatable bonds is 4. The van der Waals surface area contributed by atoms with Crippen LogP contribution in [-0.4, -0.2) is 17.6 Å². The molecule has 0 radical (unpaired) electrons. The molecule has 21 heavy (non-hydrogen) atoms. The molecule has 0 bridgehead atoms. The van der Waals surface area contributed by atoms with Crippen LogP contribution in [0.1, 0.15) is 35.9 Å². The van der Waals surface area contributed by atoms with E-state index in [1.807, 2.05) is 0 Å². The maximum absolute atomic E-state index is 12.9. The van der Waals surface area contributed by atoms with Gasteiger partial charge in [0.2, 0.25) is 0 Å². The highest BCUT2D eigenvalue weighted by molar-refractivity contribution is 5.74. The fourth-order valence-corrected chi connectivity index (χ4v) is 1.56. The third-order valence-corrected chi connectivity index (χ3v) is 2.40. The molecule has 0 aromatic carbocycles. The van der Waals surface area contributed by atoms with Crippen LogP contribution in [0.2, 0.25) is 0 Å². The van der Waals surface area contributed by atoms with Crippen LogP contribution in [0, 0.1) is 11.3 Å². The van der Waals surface area contributed by atoms with Crippen molar-refractivity contribution in [1.29, 1.82) is 5.26 Å². The van der Waals surface area contributed by atoms with E-state index >= 15 is 0 Å². The number of carbonyl (C=O) groups excluding carboxylic acids is 1. The van der Waals surface area contributed by atoms with Gasteiger partial charge in [-0.3, -0.25) is 4.79 Å². The van der Waals surface area contributed by atoms with Gasteiger partial charge in [0.15, 0.2) is 0 Å². The van der Waals surface area contributed by atoms with Crippen LogP contribution < -0.4 is 0 Å². The van der Waals surface area contributed by atoms with Crippen LogP contribution in [0.15, 0.2) is 6.07 Å². The molecule has 0 spiro atoms. The Kier molecular flexibility index (Phi) is 5.18. The summed E-state index contributed by atoms with van der Waals surface area (Å²) in [6.07, 6.45) is -9.08. The Morgan fingerprint density at radius 3 is 2.52 bits per heavy atom. The summed E-state index contributed by atoms with van der Waals surface area (Å²) in [6.45, 7) is 1.45. The van der Waals surface area contributed by atoms with E-state index in [1.165, 1.54) is 13.0 Å². The smallest absolute Gasteiger partial charge is 0.433 e. The monoisotopic (exact) mass is 308 g/mol. The fourth-order valence-electron chi connectivity index (χ4n) is 1.56. The Labute approximate surface area is 116 Å². The zero-order valence-electron chi connectivity index (χ0n) is 10.7. The largest absolute Gasteiger partial charge is 0.466 e. The number of hydrogen-bond acceptors (Lipinski definition) is 4. The van der Waals surface area contributed by atoms with E-state index in [9.17, 15) is 26.7 Å². The Morgan fingerprint density at radius 1 is 1.48 bits per heavy atom. The number of nitrogens with zero attached hydrogens (tertiary/aromatic N) is 2. The SMILES string of the molecule is CCOC(=O)Cc1c(C#N)cc(C(F)(F)F)nc1C(F)F. The van der Waals surface area contributed by atoms with Gasteiger partial charge in [-0.2, -0.15) is 18.4 Å². The number of pyridine rings is 1. The number of halogens is 5. The summed E-state index contributed by atoms with van der Waals surface area (Å²) in [4.78, 5) is 14.1. The first-order chi connectivity index (χ1) is 9.70. The van der Waals surface area contributed by atoms with E-state index in [-0.39, 0.29) is 6.61 Å². The lowest BCUT2D eigenvalue weighted by Crippen LogP contribution is -2.16. The van der Waals surface area contributed by atoms with Gasteiger partial charge in [0.1, 0.15) is 11.4 Å². The minimum Gasteiger partial charge on any atom is -0.466 e. The second kappa shape index (κ2) is 6.47. The number of hydrogen-bond donors (Lipinski definition) is 0. The number of aromatic nitrogens is 1. The predicted octanol–water partition coefficient (Wildman–Crippen LogP) is 3.02. The van der Waals surface area contributed by atoms with Crippen LogP contribution in [0.5, 0.6) is 0 Å². The van der Waals surface area contributed by atoms with Crippen molar-refractivity contribution in [2.24, 2.45) is 0 Å². The predicted molar refractivity (Wildman–Crippen MR) is 59.2 cm³/mol. The molecule has 0 saturated carbocycles. The Hall–Kier alpha value is -2.24. The minimum absolute atomic E-state index is 0.0290. The quantitative estimate of drug-likeness (QED) is 0.633.